The first-order chi connectivity index (χ1) is 15.9. The summed E-state index contributed by atoms with van der Waals surface area (Å²) >= 11 is 1.92. The number of anilines is 1. The lowest BCUT2D eigenvalue weighted by Crippen LogP contribution is -2.49. The monoisotopic (exact) mass is 493 g/mol. The fraction of sp³-hybridized carbons (Fsp3) is 0.458. The van der Waals surface area contributed by atoms with Gasteiger partial charge in [0.15, 0.2) is 11.0 Å². The molecule has 2 unspecified atom stereocenters. The lowest BCUT2D eigenvalue weighted by atomic mass is 9.70. The molecule has 2 aromatic carbocycles. The molecule has 1 aliphatic carbocycles. The smallest absolute Gasteiger partial charge is 0.387 e. The second kappa shape index (κ2) is 8.91. The molecular weight excluding hydrogens is 468 g/mol. The average Bonchev–Trinajstić information content (AvgIpc) is 3.63. The molecule has 0 radical (unpaired) electrons. The van der Waals surface area contributed by atoms with Gasteiger partial charge in [-0.15, -0.1) is 0 Å². The molecule has 2 fully saturated rings. The lowest BCUT2D eigenvalue weighted by Gasteiger charge is -2.41. The number of rotatable bonds is 6. The molecule has 0 amide bonds. The summed E-state index contributed by atoms with van der Waals surface area (Å²) in [7, 11) is -0.251. The van der Waals surface area contributed by atoms with Crippen LogP contribution in [0.2, 0.25) is 0 Å². The Bertz CT molecular complexity index is 1090. The van der Waals surface area contributed by atoms with Gasteiger partial charge in [0.1, 0.15) is 5.75 Å². The van der Waals surface area contributed by atoms with Crippen LogP contribution in [-0.4, -0.2) is 41.4 Å². The van der Waals surface area contributed by atoms with E-state index in [1.165, 1.54) is 19.2 Å². The van der Waals surface area contributed by atoms with E-state index in [1.54, 1.807) is 18.2 Å². The predicted molar refractivity (Wildman–Crippen MR) is 124 cm³/mol. The first-order valence-corrected chi connectivity index (χ1v) is 13.3. The van der Waals surface area contributed by atoms with Crippen molar-refractivity contribution in [2.24, 2.45) is 5.92 Å². The van der Waals surface area contributed by atoms with Crippen LogP contribution in [0.5, 0.6) is 5.75 Å². The summed E-state index contributed by atoms with van der Waals surface area (Å²) in [5.41, 5.74) is 2.20. The van der Waals surface area contributed by atoms with Crippen LogP contribution in [0.15, 0.2) is 47.4 Å². The fourth-order valence-corrected chi connectivity index (χ4v) is 8.10. The molecular formula is C24H25F2NO4S2. The van der Waals surface area contributed by atoms with E-state index >= 15 is 0 Å². The number of esters is 1. The summed E-state index contributed by atoms with van der Waals surface area (Å²) in [5, 5.41) is 0. The van der Waals surface area contributed by atoms with Gasteiger partial charge in [-0.3, -0.25) is 4.31 Å². The molecule has 5 rings (SSSR count). The molecule has 1 saturated carbocycles. The van der Waals surface area contributed by atoms with Crippen LogP contribution in [0.1, 0.15) is 41.6 Å². The second-order valence-corrected chi connectivity index (χ2v) is 11.3. The Balaban J connectivity index is 1.61. The second-order valence-electron chi connectivity index (χ2n) is 8.70. The van der Waals surface area contributed by atoms with Crippen molar-refractivity contribution >= 4 is 34.4 Å². The first-order valence-electron chi connectivity index (χ1n) is 11.0. The number of methoxy groups -OCH3 is 1. The van der Waals surface area contributed by atoms with Gasteiger partial charge < -0.3 is 9.47 Å². The topological polar surface area (TPSA) is 55.8 Å². The van der Waals surface area contributed by atoms with Gasteiger partial charge in [-0.2, -0.15) is 20.5 Å². The Morgan fingerprint density at radius 1 is 1.18 bits per heavy atom. The number of alkyl halides is 2. The third-order valence-corrected chi connectivity index (χ3v) is 9.30. The van der Waals surface area contributed by atoms with Crippen molar-refractivity contribution < 1.29 is 27.3 Å². The summed E-state index contributed by atoms with van der Waals surface area (Å²) in [5.74, 6) is 2.01. The van der Waals surface area contributed by atoms with Crippen LogP contribution >= 0.6 is 11.8 Å². The zero-order valence-electron chi connectivity index (χ0n) is 18.2. The van der Waals surface area contributed by atoms with E-state index in [0.717, 1.165) is 48.4 Å². The molecule has 0 aromatic heterocycles. The minimum Gasteiger partial charge on any atom is -0.465 e. The van der Waals surface area contributed by atoms with Crippen molar-refractivity contribution in [3.05, 3.63) is 53.6 Å². The number of hydrogen-bond acceptors (Lipinski definition) is 5. The maximum absolute atomic E-state index is 14.0. The maximum atomic E-state index is 14.0. The van der Waals surface area contributed by atoms with Crippen molar-refractivity contribution in [1.82, 2.24) is 0 Å². The molecule has 0 bridgehead atoms. The van der Waals surface area contributed by atoms with Gasteiger partial charge in [-0.05, 0) is 85.1 Å². The highest BCUT2D eigenvalue weighted by Gasteiger charge is 2.58. The highest BCUT2D eigenvalue weighted by atomic mass is 32.2. The first kappa shape index (κ1) is 22.7. The Morgan fingerprint density at radius 3 is 2.61 bits per heavy atom. The van der Waals surface area contributed by atoms with Crippen LogP contribution < -0.4 is 9.04 Å². The zero-order valence-corrected chi connectivity index (χ0v) is 19.8. The zero-order chi connectivity index (χ0) is 23.2. The average molecular weight is 494 g/mol. The standard InChI is InChI=1S/C24H25F2NO4S2/c1-30-22(28)16-7-8-20-19(13-16)24(9-11-32-12-10-24)21(15-5-6-15)27(20)33(29)18-4-2-3-17(14-18)31-23(25)26/h2-4,7-8,13-15,21,23H,5-6,9-12H2,1H3. The van der Waals surface area contributed by atoms with Crippen molar-refractivity contribution in [2.45, 2.75) is 48.6 Å². The Hall–Kier alpha value is -2.13. The molecule has 1 spiro atoms. The molecule has 9 heteroatoms. The SMILES string of the molecule is COC(=O)c1ccc2c(c1)C1(CCSCC1)C(C1CC1)N2S(=O)c1cccc(OC(F)F)c1. The number of fused-ring (bicyclic) bond motifs is 2. The van der Waals surface area contributed by atoms with Crippen LogP contribution in [0.4, 0.5) is 14.5 Å². The van der Waals surface area contributed by atoms with Crippen LogP contribution in [0.3, 0.4) is 0 Å². The molecule has 176 valence electrons. The van der Waals surface area contributed by atoms with E-state index < -0.39 is 23.6 Å². The third-order valence-electron chi connectivity index (χ3n) is 6.87. The number of benzene rings is 2. The van der Waals surface area contributed by atoms with Crippen LogP contribution in [0, 0.1) is 5.92 Å². The number of halogens is 2. The Morgan fingerprint density at radius 2 is 1.94 bits per heavy atom. The molecule has 1 saturated heterocycles. The minimum atomic E-state index is -2.94. The van der Waals surface area contributed by atoms with Crippen LogP contribution in [0.25, 0.3) is 0 Å². The molecule has 5 nitrogen and oxygen atoms in total. The van der Waals surface area contributed by atoms with Gasteiger partial charge in [0.05, 0.1) is 29.3 Å². The molecule has 2 heterocycles. The molecule has 0 N–H and O–H groups in total. The van der Waals surface area contributed by atoms with E-state index in [2.05, 4.69) is 4.74 Å². The van der Waals surface area contributed by atoms with Crippen molar-refractivity contribution in [1.29, 1.82) is 0 Å². The number of ether oxygens (including phenoxy) is 2. The van der Waals surface area contributed by atoms with Crippen LogP contribution in [-0.2, 0) is 21.1 Å². The minimum absolute atomic E-state index is 0.0111. The van der Waals surface area contributed by atoms with E-state index in [1.807, 2.05) is 28.2 Å². The van der Waals surface area contributed by atoms with Crippen molar-refractivity contribution in [2.75, 3.05) is 22.9 Å². The summed E-state index contributed by atoms with van der Waals surface area (Å²) in [6, 6.07) is 11.7. The fourth-order valence-electron chi connectivity index (χ4n) is 5.33. The summed E-state index contributed by atoms with van der Waals surface area (Å²) < 4.78 is 51.0. The van der Waals surface area contributed by atoms with Crippen molar-refractivity contribution in [3.63, 3.8) is 0 Å². The number of carbonyl (C=O) groups excluding carboxylic acids is 1. The highest BCUT2D eigenvalue weighted by molar-refractivity contribution is 7.99. The molecule has 2 aromatic rings. The summed E-state index contributed by atoms with van der Waals surface area (Å²) in [6.07, 6.45) is 4.02. The lowest BCUT2D eigenvalue weighted by molar-refractivity contribution is -0.0499. The normalized spacial score (nSPS) is 22.3. The number of hydrogen-bond donors (Lipinski definition) is 0. The van der Waals surface area contributed by atoms with Gasteiger partial charge in [-0.1, -0.05) is 6.07 Å². The molecule has 3 aliphatic rings. The van der Waals surface area contributed by atoms with Crippen molar-refractivity contribution in [3.8, 4) is 5.75 Å². The highest BCUT2D eigenvalue weighted by Crippen LogP contribution is 2.59. The summed E-state index contributed by atoms with van der Waals surface area (Å²) in [6.45, 7) is -2.94. The van der Waals surface area contributed by atoms with Gasteiger partial charge in [0.2, 0.25) is 0 Å². The Kier molecular flexibility index (Phi) is 6.11. The molecule has 2 aliphatic heterocycles. The quantitative estimate of drug-likeness (QED) is 0.521. The van der Waals surface area contributed by atoms with E-state index in [9.17, 15) is 17.8 Å². The maximum Gasteiger partial charge on any atom is 0.387 e. The largest absolute Gasteiger partial charge is 0.465 e. The van der Waals surface area contributed by atoms with Gasteiger partial charge in [-0.25, -0.2) is 9.00 Å². The Labute approximate surface area is 198 Å². The van der Waals surface area contributed by atoms with E-state index in [4.69, 9.17) is 4.74 Å². The van der Waals surface area contributed by atoms with Gasteiger partial charge in [0.25, 0.3) is 0 Å². The third kappa shape index (κ3) is 4.03. The summed E-state index contributed by atoms with van der Waals surface area (Å²) in [4.78, 5) is 12.7. The van der Waals surface area contributed by atoms with Gasteiger partial charge in [0, 0.05) is 5.41 Å². The van der Waals surface area contributed by atoms with E-state index in [0.29, 0.717) is 16.4 Å². The number of thioether (sulfide) groups is 1. The number of carbonyl (C=O) groups is 1. The van der Waals surface area contributed by atoms with E-state index in [-0.39, 0.29) is 17.2 Å². The predicted octanol–water partition coefficient (Wildman–Crippen LogP) is 5.16. The van der Waals surface area contributed by atoms with Gasteiger partial charge >= 0.3 is 12.6 Å². The molecule has 2 atom stereocenters. The molecule has 33 heavy (non-hydrogen) atoms. The number of nitrogens with zero attached hydrogens (tertiary/aromatic N) is 1.